The number of nitrogens with zero attached hydrogens (tertiary/aromatic N) is 4. The van der Waals surface area contributed by atoms with E-state index in [2.05, 4.69) is 31.0 Å². The lowest BCUT2D eigenvalue weighted by Gasteiger charge is -2.28. The van der Waals surface area contributed by atoms with Crippen molar-refractivity contribution in [1.29, 1.82) is 0 Å². The highest BCUT2D eigenvalue weighted by atomic mass is 19.1. The molecule has 5 rings (SSSR count). The third-order valence-corrected chi connectivity index (χ3v) is 7.58. The summed E-state index contributed by atoms with van der Waals surface area (Å²) in [6.07, 6.45) is 3.80. The molecule has 10 nitrogen and oxygen atoms in total. The molecule has 1 aliphatic rings. The molecule has 0 spiro atoms. The second kappa shape index (κ2) is 14.0. The van der Waals surface area contributed by atoms with E-state index in [1.54, 1.807) is 12.1 Å². The predicted molar refractivity (Wildman–Crippen MR) is 159 cm³/mol. The lowest BCUT2D eigenvalue weighted by Crippen LogP contribution is -2.18. The summed E-state index contributed by atoms with van der Waals surface area (Å²) in [6, 6.07) is 15.8. The van der Waals surface area contributed by atoms with Gasteiger partial charge in [0.25, 0.3) is 0 Å². The number of benzene rings is 2. The van der Waals surface area contributed by atoms with E-state index in [1.165, 1.54) is 50.6 Å². The summed E-state index contributed by atoms with van der Waals surface area (Å²) in [6.45, 7) is 0. The molecule has 1 saturated carbocycles. The van der Waals surface area contributed by atoms with E-state index in [0.29, 0.717) is 22.8 Å². The number of nitrogens with one attached hydrogen (secondary N) is 2. The molecular weight excluding hydrogens is 570 g/mol. The smallest absolute Gasteiger partial charge is 0.229 e. The first-order valence-corrected chi connectivity index (χ1v) is 14.2. The molecule has 0 aliphatic heterocycles. The van der Waals surface area contributed by atoms with Gasteiger partial charge in [-0.2, -0.15) is 10.2 Å². The van der Waals surface area contributed by atoms with Crippen LogP contribution in [-0.2, 0) is 22.4 Å². The van der Waals surface area contributed by atoms with Crippen LogP contribution >= 0.6 is 0 Å². The Morgan fingerprint density at radius 3 is 1.55 bits per heavy atom. The third kappa shape index (κ3) is 7.68. The van der Waals surface area contributed by atoms with Crippen LogP contribution < -0.4 is 20.1 Å². The maximum atomic E-state index is 13.6. The minimum absolute atomic E-state index is 0.0390. The molecule has 0 saturated heterocycles. The predicted octanol–water partition coefficient (Wildman–Crippen LogP) is 5.37. The van der Waals surface area contributed by atoms with E-state index in [0.717, 1.165) is 37.1 Å². The number of methoxy groups -OCH3 is 2. The Labute approximate surface area is 253 Å². The number of ether oxygens (including phenoxy) is 2. The van der Waals surface area contributed by atoms with E-state index >= 15 is 0 Å². The number of aromatic nitrogens is 4. The fourth-order valence-electron chi connectivity index (χ4n) is 5.35. The van der Waals surface area contributed by atoms with Crippen molar-refractivity contribution in [3.8, 4) is 11.5 Å². The number of hydrogen-bond donors (Lipinski definition) is 2. The maximum absolute atomic E-state index is 13.6. The van der Waals surface area contributed by atoms with E-state index in [1.807, 2.05) is 12.1 Å². The van der Waals surface area contributed by atoms with Gasteiger partial charge in [0, 0.05) is 11.8 Å². The topological polar surface area (TPSA) is 128 Å². The number of hydrogen-bond acceptors (Lipinski definition) is 8. The Bertz CT molecular complexity index is 1500. The number of carbonyl (C=O) groups is 2. The molecule has 4 aromatic rings. The highest BCUT2D eigenvalue weighted by Crippen LogP contribution is 2.40. The number of halogens is 2. The minimum atomic E-state index is -0.488. The molecule has 2 heterocycles. The van der Waals surface area contributed by atoms with Crippen LogP contribution in [0.1, 0.15) is 60.0 Å². The summed E-state index contributed by atoms with van der Waals surface area (Å²) in [7, 11) is 2.74. The van der Waals surface area contributed by atoms with Crippen LogP contribution in [0.2, 0.25) is 0 Å². The maximum Gasteiger partial charge on any atom is 0.229 e. The molecule has 0 bridgehead atoms. The molecule has 2 aromatic carbocycles. The fraction of sp³-hybridized carbons (Fsp3) is 0.312. The van der Waals surface area contributed by atoms with E-state index in [4.69, 9.17) is 9.47 Å². The van der Waals surface area contributed by atoms with Crippen LogP contribution in [-0.4, -0.2) is 46.4 Å². The van der Waals surface area contributed by atoms with Gasteiger partial charge in [-0.15, -0.1) is 10.2 Å². The molecule has 1 aliphatic carbocycles. The zero-order chi connectivity index (χ0) is 31.1. The number of rotatable bonds is 10. The van der Waals surface area contributed by atoms with Gasteiger partial charge in [0.05, 0.1) is 38.4 Å². The Hall–Kier alpha value is -5.00. The molecule has 0 radical (unpaired) electrons. The highest BCUT2D eigenvalue weighted by Gasteiger charge is 2.27. The Morgan fingerprint density at radius 2 is 1.16 bits per heavy atom. The molecule has 12 heteroatoms. The van der Waals surface area contributed by atoms with Crippen molar-refractivity contribution in [1.82, 2.24) is 20.4 Å². The molecule has 44 heavy (non-hydrogen) atoms. The number of amides is 2. The quantitative estimate of drug-likeness (QED) is 0.248. The van der Waals surface area contributed by atoms with Crippen LogP contribution in [0.15, 0.2) is 60.7 Å². The van der Waals surface area contributed by atoms with Crippen LogP contribution in [0.3, 0.4) is 0 Å². The minimum Gasteiger partial charge on any atom is -0.494 e. The van der Waals surface area contributed by atoms with Crippen molar-refractivity contribution >= 4 is 23.5 Å². The average Bonchev–Trinajstić information content (AvgIpc) is 3.03. The van der Waals surface area contributed by atoms with Crippen molar-refractivity contribution in [3.63, 3.8) is 0 Å². The van der Waals surface area contributed by atoms with Gasteiger partial charge in [-0.1, -0.05) is 18.6 Å². The second-order valence-corrected chi connectivity index (χ2v) is 10.6. The zero-order valence-electron chi connectivity index (χ0n) is 24.3. The normalized spacial score (nSPS) is 16.2. The molecule has 2 aromatic heterocycles. The standard InChI is InChI=1S/C32H32F2N6O4/c1-43-27-14-19(6-8-23(27)33)16-31(41)35-29-12-10-25(37-39-29)21-4-3-5-22(18-21)26-11-13-30(40-38-26)36-32(42)17-20-7-9-24(34)28(15-20)44-2/h6-15,21-22H,3-5,16-18H2,1-2H3,(H,35,39,41)(H,36,40,42)/t21-,22-/m0/s1. The molecule has 2 N–H and O–H groups in total. The summed E-state index contributed by atoms with van der Waals surface area (Å²) >= 11 is 0. The van der Waals surface area contributed by atoms with E-state index < -0.39 is 11.6 Å². The fourth-order valence-corrected chi connectivity index (χ4v) is 5.35. The van der Waals surface area contributed by atoms with Crippen LogP contribution in [0.4, 0.5) is 20.4 Å². The van der Waals surface area contributed by atoms with Gasteiger partial charge in [-0.3, -0.25) is 9.59 Å². The first kappa shape index (κ1) is 30.5. The van der Waals surface area contributed by atoms with Crippen molar-refractivity contribution < 1.29 is 27.8 Å². The van der Waals surface area contributed by atoms with Crippen LogP contribution in [0.25, 0.3) is 0 Å². The summed E-state index contributed by atoms with van der Waals surface area (Å²) in [4.78, 5) is 25.0. The lowest BCUT2D eigenvalue weighted by atomic mass is 9.78. The van der Waals surface area contributed by atoms with Gasteiger partial charge in [-0.25, -0.2) is 8.78 Å². The highest BCUT2D eigenvalue weighted by molar-refractivity contribution is 5.91. The van der Waals surface area contributed by atoms with Crippen LogP contribution in [0, 0.1) is 11.6 Å². The molecular formula is C32H32F2N6O4. The van der Waals surface area contributed by atoms with E-state index in [9.17, 15) is 18.4 Å². The summed E-state index contributed by atoms with van der Waals surface area (Å²) in [5, 5.41) is 22.6. The Morgan fingerprint density at radius 1 is 0.705 bits per heavy atom. The number of anilines is 2. The zero-order valence-corrected chi connectivity index (χ0v) is 24.3. The van der Waals surface area contributed by atoms with Gasteiger partial charge >= 0.3 is 0 Å². The SMILES string of the molecule is COc1cc(CC(=O)Nc2ccc([C@H]3CCC[C@H](c4ccc(NC(=O)Cc5ccc(F)c(OC)c5)nn4)C3)nn2)ccc1F. The second-order valence-electron chi connectivity index (χ2n) is 10.6. The van der Waals surface area contributed by atoms with E-state index in [-0.39, 0.29) is 48.0 Å². The average molecular weight is 603 g/mol. The first-order chi connectivity index (χ1) is 21.3. The van der Waals surface area contributed by atoms with Crippen molar-refractivity contribution in [2.75, 3.05) is 24.9 Å². The summed E-state index contributed by atoms with van der Waals surface area (Å²) in [5.41, 5.74) is 2.90. The van der Waals surface area contributed by atoms with Gasteiger partial charge in [0.15, 0.2) is 34.8 Å². The Balaban J connectivity index is 1.13. The largest absolute Gasteiger partial charge is 0.494 e. The molecule has 2 amide bonds. The van der Waals surface area contributed by atoms with Gasteiger partial charge < -0.3 is 20.1 Å². The number of carbonyl (C=O) groups excluding carboxylic acids is 2. The monoisotopic (exact) mass is 602 g/mol. The molecule has 0 unspecified atom stereocenters. The van der Waals surface area contributed by atoms with Crippen LogP contribution in [0.5, 0.6) is 11.5 Å². The van der Waals surface area contributed by atoms with Crippen molar-refractivity contribution in [3.05, 3.63) is 94.8 Å². The molecule has 2 atom stereocenters. The third-order valence-electron chi connectivity index (χ3n) is 7.58. The van der Waals surface area contributed by atoms with Crippen molar-refractivity contribution in [2.24, 2.45) is 0 Å². The summed E-state index contributed by atoms with van der Waals surface area (Å²) < 4.78 is 37.2. The first-order valence-electron chi connectivity index (χ1n) is 14.2. The van der Waals surface area contributed by atoms with Gasteiger partial charge in [0.1, 0.15) is 0 Å². The Kier molecular flexibility index (Phi) is 9.68. The molecule has 1 fully saturated rings. The lowest BCUT2D eigenvalue weighted by molar-refractivity contribution is -0.116. The van der Waals surface area contributed by atoms with Gasteiger partial charge in [0.2, 0.25) is 11.8 Å². The van der Waals surface area contributed by atoms with Crippen molar-refractivity contribution in [2.45, 2.75) is 50.4 Å². The molecule has 228 valence electrons. The van der Waals surface area contributed by atoms with Gasteiger partial charge in [-0.05, 0) is 78.9 Å². The summed E-state index contributed by atoms with van der Waals surface area (Å²) in [5.74, 6) is -0.393.